The lowest BCUT2D eigenvalue weighted by atomic mass is 10.4. The van der Waals surface area contributed by atoms with Crippen LogP contribution >= 0.6 is 22.6 Å². The monoisotopic (exact) mass is 252 g/mol. The minimum atomic E-state index is -0.0321. The maximum absolute atomic E-state index is 8.75. The highest BCUT2D eigenvalue weighted by molar-refractivity contribution is 14.1. The molecule has 0 saturated heterocycles. The topological polar surface area (TPSA) is 38.0 Å². The standard InChI is InChI=1S/C6H9IN2O/c1-4-6(7)5(2)9(3-10)8-4/h10H,3H2,1-2H3. The number of hydrogen-bond acceptors (Lipinski definition) is 2. The van der Waals surface area contributed by atoms with Gasteiger partial charge < -0.3 is 5.11 Å². The summed E-state index contributed by atoms with van der Waals surface area (Å²) in [5.74, 6) is 0. The van der Waals surface area contributed by atoms with Gasteiger partial charge in [0.05, 0.1) is 15.0 Å². The quantitative estimate of drug-likeness (QED) is 0.759. The number of aliphatic hydroxyl groups is 1. The van der Waals surface area contributed by atoms with Crippen molar-refractivity contribution in [3.8, 4) is 0 Å². The molecule has 1 aromatic rings. The highest BCUT2D eigenvalue weighted by Crippen LogP contribution is 2.14. The van der Waals surface area contributed by atoms with Crippen LogP contribution in [0, 0.1) is 17.4 Å². The van der Waals surface area contributed by atoms with Crippen LogP contribution in [0.1, 0.15) is 11.4 Å². The van der Waals surface area contributed by atoms with Crippen LogP contribution in [-0.2, 0) is 6.73 Å². The molecule has 10 heavy (non-hydrogen) atoms. The molecule has 0 fully saturated rings. The Morgan fingerprint density at radius 3 is 2.40 bits per heavy atom. The van der Waals surface area contributed by atoms with Crippen LogP contribution in [0.5, 0.6) is 0 Å². The molecule has 1 N–H and O–H groups in total. The molecule has 1 heterocycles. The Kier molecular flexibility index (Phi) is 2.30. The molecule has 0 radical (unpaired) electrons. The molecule has 0 aliphatic rings. The Balaban J connectivity index is 3.17. The molecular formula is C6H9IN2O. The van der Waals surface area contributed by atoms with Gasteiger partial charge in [-0.25, -0.2) is 4.68 Å². The van der Waals surface area contributed by atoms with Crippen LogP contribution in [0.15, 0.2) is 0 Å². The lowest BCUT2D eigenvalue weighted by molar-refractivity contribution is 0.192. The van der Waals surface area contributed by atoms with Gasteiger partial charge in [0.15, 0.2) is 0 Å². The van der Waals surface area contributed by atoms with E-state index in [1.807, 2.05) is 13.8 Å². The van der Waals surface area contributed by atoms with E-state index < -0.39 is 0 Å². The number of aromatic nitrogens is 2. The summed E-state index contributed by atoms with van der Waals surface area (Å²) in [4.78, 5) is 0. The SMILES string of the molecule is Cc1nn(CO)c(C)c1I. The van der Waals surface area contributed by atoms with Crippen LogP contribution in [0.2, 0.25) is 0 Å². The molecule has 0 spiro atoms. The van der Waals surface area contributed by atoms with Crippen molar-refractivity contribution in [2.75, 3.05) is 0 Å². The van der Waals surface area contributed by atoms with E-state index >= 15 is 0 Å². The van der Waals surface area contributed by atoms with Crippen molar-refractivity contribution in [1.82, 2.24) is 9.78 Å². The number of rotatable bonds is 1. The summed E-state index contributed by atoms with van der Waals surface area (Å²) in [6.45, 7) is 3.84. The maximum atomic E-state index is 8.75. The van der Waals surface area contributed by atoms with E-state index in [1.165, 1.54) is 0 Å². The minimum absolute atomic E-state index is 0.0321. The molecule has 4 heteroatoms. The predicted molar refractivity (Wildman–Crippen MR) is 46.6 cm³/mol. The fourth-order valence-corrected chi connectivity index (χ4v) is 1.20. The molecule has 56 valence electrons. The first-order valence-electron chi connectivity index (χ1n) is 2.97. The maximum Gasteiger partial charge on any atom is 0.136 e. The number of aryl methyl sites for hydroxylation is 1. The van der Waals surface area contributed by atoms with Crippen molar-refractivity contribution in [3.05, 3.63) is 15.0 Å². The van der Waals surface area contributed by atoms with E-state index in [1.54, 1.807) is 4.68 Å². The lowest BCUT2D eigenvalue weighted by Crippen LogP contribution is -2.00. The molecule has 0 aliphatic heterocycles. The van der Waals surface area contributed by atoms with Crippen LogP contribution < -0.4 is 0 Å². The average Bonchev–Trinajstić information content (AvgIpc) is 2.17. The Labute approximate surface area is 73.2 Å². The fourth-order valence-electron chi connectivity index (χ4n) is 0.813. The predicted octanol–water partition coefficient (Wildman–Crippen LogP) is 1.05. The first-order chi connectivity index (χ1) is 4.66. The van der Waals surface area contributed by atoms with Gasteiger partial charge in [-0.3, -0.25) is 0 Å². The van der Waals surface area contributed by atoms with Crippen LogP contribution in [0.3, 0.4) is 0 Å². The molecule has 3 nitrogen and oxygen atoms in total. The molecule has 0 amide bonds. The lowest BCUT2D eigenvalue weighted by Gasteiger charge is -1.95. The van der Waals surface area contributed by atoms with E-state index in [0.717, 1.165) is 15.0 Å². The zero-order valence-electron chi connectivity index (χ0n) is 5.93. The molecule has 0 aliphatic carbocycles. The molecule has 1 rings (SSSR count). The summed E-state index contributed by atoms with van der Waals surface area (Å²) >= 11 is 2.22. The largest absolute Gasteiger partial charge is 0.374 e. The van der Waals surface area contributed by atoms with E-state index in [4.69, 9.17) is 5.11 Å². The van der Waals surface area contributed by atoms with Gasteiger partial charge >= 0.3 is 0 Å². The zero-order chi connectivity index (χ0) is 7.72. The summed E-state index contributed by atoms with van der Waals surface area (Å²) in [7, 11) is 0. The van der Waals surface area contributed by atoms with Crippen molar-refractivity contribution >= 4 is 22.6 Å². The van der Waals surface area contributed by atoms with Crippen molar-refractivity contribution in [1.29, 1.82) is 0 Å². The van der Waals surface area contributed by atoms with E-state index in [0.29, 0.717) is 0 Å². The summed E-state index contributed by atoms with van der Waals surface area (Å²) in [6.07, 6.45) is 0. The van der Waals surface area contributed by atoms with Gasteiger partial charge in [-0.05, 0) is 36.4 Å². The number of nitrogens with zero attached hydrogens (tertiary/aromatic N) is 2. The smallest absolute Gasteiger partial charge is 0.136 e. The summed E-state index contributed by atoms with van der Waals surface area (Å²) in [5, 5.41) is 12.8. The highest BCUT2D eigenvalue weighted by atomic mass is 127. The third-order valence-corrected chi connectivity index (χ3v) is 2.99. The summed E-state index contributed by atoms with van der Waals surface area (Å²) in [6, 6.07) is 0. The third-order valence-electron chi connectivity index (χ3n) is 1.43. The first-order valence-corrected chi connectivity index (χ1v) is 4.05. The Bertz CT molecular complexity index is 244. The Morgan fingerprint density at radius 2 is 2.20 bits per heavy atom. The molecule has 1 aromatic heterocycles. The third kappa shape index (κ3) is 1.17. The van der Waals surface area contributed by atoms with Gasteiger partial charge in [-0.2, -0.15) is 5.10 Å². The number of aliphatic hydroxyl groups excluding tert-OH is 1. The van der Waals surface area contributed by atoms with Gasteiger partial charge in [0.2, 0.25) is 0 Å². The van der Waals surface area contributed by atoms with E-state index in [-0.39, 0.29) is 6.73 Å². The number of halogens is 1. The molecule has 0 saturated carbocycles. The Morgan fingerprint density at radius 1 is 1.60 bits per heavy atom. The van der Waals surface area contributed by atoms with Crippen molar-refractivity contribution < 1.29 is 5.11 Å². The van der Waals surface area contributed by atoms with Crippen LogP contribution in [0.4, 0.5) is 0 Å². The molecule has 0 atom stereocenters. The first kappa shape index (κ1) is 8.00. The zero-order valence-corrected chi connectivity index (χ0v) is 8.08. The van der Waals surface area contributed by atoms with Gasteiger partial charge in [-0.1, -0.05) is 0 Å². The van der Waals surface area contributed by atoms with Crippen LogP contribution in [-0.4, -0.2) is 14.9 Å². The van der Waals surface area contributed by atoms with Gasteiger partial charge in [0, 0.05) is 0 Å². The van der Waals surface area contributed by atoms with E-state index in [9.17, 15) is 0 Å². The van der Waals surface area contributed by atoms with Gasteiger partial charge in [0.25, 0.3) is 0 Å². The van der Waals surface area contributed by atoms with Crippen molar-refractivity contribution in [2.24, 2.45) is 0 Å². The number of hydrogen-bond donors (Lipinski definition) is 1. The summed E-state index contributed by atoms with van der Waals surface area (Å²) < 4.78 is 2.71. The molecular weight excluding hydrogens is 243 g/mol. The molecule has 0 bridgehead atoms. The average molecular weight is 252 g/mol. The summed E-state index contributed by atoms with van der Waals surface area (Å²) in [5.41, 5.74) is 2.01. The van der Waals surface area contributed by atoms with Gasteiger partial charge in [0.1, 0.15) is 6.73 Å². The normalized spacial score (nSPS) is 10.4. The van der Waals surface area contributed by atoms with Crippen molar-refractivity contribution in [2.45, 2.75) is 20.6 Å². The second kappa shape index (κ2) is 2.87. The van der Waals surface area contributed by atoms with E-state index in [2.05, 4.69) is 27.7 Å². The Hall–Kier alpha value is -0.100. The fraction of sp³-hybridized carbons (Fsp3) is 0.500. The highest BCUT2D eigenvalue weighted by Gasteiger charge is 2.05. The second-order valence-electron chi connectivity index (χ2n) is 2.13. The second-order valence-corrected chi connectivity index (χ2v) is 3.20. The molecule has 0 unspecified atom stereocenters. The van der Waals surface area contributed by atoms with Crippen molar-refractivity contribution in [3.63, 3.8) is 0 Å². The minimum Gasteiger partial charge on any atom is -0.374 e. The van der Waals surface area contributed by atoms with Gasteiger partial charge in [-0.15, -0.1) is 0 Å². The van der Waals surface area contributed by atoms with Crippen LogP contribution in [0.25, 0.3) is 0 Å². The molecule has 0 aromatic carbocycles.